The first kappa shape index (κ1) is 15.1. The van der Waals surface area contributed by atoms with Gasteiger partial charge in [0.25, 0.3) is 0 Å². The van der Waals surface area contributed by atoms with Gasteiger partial charge in [0.1, 0.15) is 5.82 Å². The van der Waals surface area contributed by atoms with Crippen molar-refractivity contribution in [3.8, 4) is 0 Å². The molecular weight excluding hydrogens is 255 g/mol. The minimum Gasteiger partial charge on any atom is -0.309 e. The van der Waals surface area contributed by atoms with Crippen molar-refractivity contribution in [2.24, 2.45) is 0 Å². The topological polar surface area (TPSA) is 49.4 Å². The van der Waals surface area contributed by atoms with E-state index in [0.29, 0.717) is 6.54 Å². The largest absolute Gasteiger partial charge is 0.309 e. The van der Waals surface area contributed by atoms with E-state index in [9.17, 15) is 12.8 Å². The molecule has 0 saturated heterocycles. The number of hydrogen-bond acceptors (Lipinski definition) is 3. The Morgan fingerprint density at radius 1 is 1.28 bits per heavy atom. The minimum absolute atomic E-state index is 0.192. The molecule has 0 aliphatic heterocycles. The van der Waals surface area contributed by atoms with Crippen LogP contribution in [0.4, 0.5) is 4.39 Å². The molecule has 0 aromatic heterocycles. The molecule has 0 aliphatic rings. The van der Waals surface area contributed by atoms with Gasteiger partial charge in [0.15, 0.2) is 0 Å². The predicted octanol–water partition coefficient (Wildman–Crippen LogP) is 1.20. The molecule has 6 heteroatoms. The van der Waals surface area contributed by atoms with Crippen LogP contribution < -0.4 is 4.72 Å². The Bertz CT molecular complexity index is 475. The molecule has 0 fully saturated rings. The molecule has 1 N–H and O–H groups in total. The van der Waals surface area contributed by atoms with E-state index < -0.39 is 15.8 Å². The van der Waals surface area contributed by atoms with Crippen molar-refractivity contribution in [2.45, 2.75) is 12.2 Å². The van der Waals surface area contributed by atoms with Gasteiger partial charge in [0, 0.05) is 12.1 Å². The van der Waals surface area contributed by atoms with Crippen LogP contribution in [0.25, 0.3) is 0 Å². The van der Waals surface area contributed by atoms with Gasteiger partial charge in [-0.05, 0) is 33.1 Å². The van der Waals surface area contributed by atoms with Crippen LogP contribution in [-0.2, 0) is 15.8 Å². The summed E-state index contributed by atoms with van der Waals surface area (Å²) in [4.78, 5) is 1.98. The molecule has 0 bridgehead atoms. The van der Waals surface area contributed by atoms with Crippen LogP contribution >= 0.6 is 0 Å². The van der Waals surface area contributed by atoms with Gasteiger partial charge in [-0.2, -0.15) is 0 Å². The molecular formula is C12H19FN2O2S. The number of rotatable bonds is 7. The van der Waals surface area contributed by atoms with Crippen LogP contribution in [0.5, 0.6) is 0 Å². The first-order valence-electron chi connectivity index (χ1n) is 5.76. The molecule has 0 amide bonds. The highest BCUT2D eigenvalue weighted by molar-refractivity contribution is 7.88. The lowest BCUT2D eigenvalue weighted by Gasteiger charge is -2.10. The fourth-order valence-corrected chi connectivity index (χ4v) is 2.70. The first-order chi connectivity index (χ1) is 8.41. The van der Waals surface area contributed by atoms with Crippen molar-refractivity contribution >= 4 is 10.0 Å². The van der Waals surface area contributed by atoms with Crippen LogP contribution in [0.15, 0.2) is 24.3 Å². The van der Waals surface area contributed by atoms with E-state index in [1.807, 2.05) is 19.0 Å². The third kappa shape index (κ3) is 5.57. The van der Waals surface area contributed by atoms with Crippen LogP contribution in [0.3, 0.4) is 0 Å². The molecule has 0 aliphatic carbocycles. The van der Waals surface area contributed by atoms with Crippen molar-refractivity contribution in [3.05, 3.63) is 35.6 Å². The zero-order valence-electron chi connectivity index (χ0n) is 10.7. The molecule has 18 heavy (non-hydrogen) atoms. The van der Waals surface area contributed by atoms with Gasteiger partial charge in [0.05, 0.1) is 5.75 Å². The molecule has 0 atom stereocenters. The summed E-state index contributed by atoms with van der Waals surface area (Å²) in [5, 5.41) is 0. The molecule has 0 saturated carbocycles. The molecule has 0 unspecified atom stereocenters. The number of sulfonamides is 1. The summed E-state index contributed by atoms with van der Waals surface area (Å²) >= 11 is 0. The second-order valence-electron chi connectivity index (χ2n) is 4.40. The highest BCUT2D eigenvalue weighted by Crippen LogP contribution is 2.09. The monoisotopic (exact) mass is 274 g/mol. The number of nitrogens with one attached hydrogen (secondary N) is 1. The summed E-state index contributed by atoms with van der Waals surface area (Å²) in [5.41, 5.74) is 0.192. The smallest absolute Gasteiger partial charge is 0.215 e. The summed E-state index contributed by atoms with van der Waals surface area (Å²) in [6.45, 7) is 1.18. The Labute approximate surface area is 108 Å². The number of hydrogen-bond donors (Lipinski definition) is 1. The van der Waals surface area contributed by atoms with Crippen molar-refractivity contribution in [3.63, 3.8) is 0 Å². The number of halogens is 1. The maximum atomic E-state index is 13.3. The van der Waals surface area contributed by atoms with Crippen LogP contribution in [0.2, 0.25) is 0 Å². The number of benzene rings is 1. The van der Waals surface area contributed by atoms with E-state index >= 15 is 0 Å². The normalized spacial score (nSPS) is 12.0. The molecule has 0 radical (unpaired) electrons. The Morgan fingerprint density at radius 3 is 2.56 bits per heavy atom. The minimum atomic E-state index is -3.46. The van der Waals surface area contributed by atoms with Gasteiger partial charge >= 0.3 is 0 Å². The van der Waals surface area contributed by atoms with E-state index in [2.05, 4.69) is 4.72 Å². The van der Waals surface area contributed by atoms with Crippen LogP contribution in [0, 0.1) is 5.82 Å². The summed E-state index contributed by atoms with van der Waals surface area (Å²) in [5.74, 6) is -0.807. The summed E-state index contributed by atoms with van der Waals surface area (Å²) < 4.78 is 39.2. The standard InChI is InChI=1S/C12H19FN2O2S/c1-15(2)9-5-8-14-18(16,17)10-11-6-3-4-7-12(11)13/h3-4,6-7,14H,5,8-10H2,1-2H3. The lowest BCUT2D eigenvalue weighted by atomic mass is 10.2. The average molecular weight is 274 g/mol. The highest BCUT2D eigenvalue weighted by Gasteiger charge is 2.13. The van der Waals surface area contributed by atoms with Crippen molar-refractivity contribution in [1.29, 1.82) is 0 Å². The summed E-state index contributed by atoms with van der Waals surface area (Å²) in [6, 6.07) is 5.90. The summed E-state index contributed by atoms with van der Waals surface area (Å²) in [7, 11) is 0.385. The number of nitrogens with zero attached hydrogens (tertiary/aromatic N) is 1. The molecule has 4 nitrogen and oxygen atoms in total. The zero-order valence-corrected chi connectivity index (χ0v) is 11.5. The Hall–Kier alpha value is -0.980. The molecule has 0 heterocycles. The van der Waals surface area contributed by atoms with Gasteiger partial charge in [-0.25, -0.2) is 17.5 Å². The van der Waals surface area contributed by atoms with Crippen LogP contribution in [-0.4, -0.2) is 40.5 Å². The average Bonchev–Trinajstić information content (AvgIpc) is 2.27. The van der Waals surface area contributed by atoms with E-state index in [0.717, 1.165) is 13.0 Å². The third-order valence-electron chi connectivity index (χ3n) is 2.41. The van der Waals surface area contributed by atoms with Gasteiger partial charge in [-0.1, -0.05) is 18.2 Å². The zero-order chi connectivity index (χ0) is 13.6. The third-order valence-corrected chi connectivity index (χ3v) is 3.74. The Balaban J connectivity index is 2.48. The van der Waals surface area contributed by atoms with Crippen molar-refractivity contribution in [2.75, 3.05) is 27.2 Å². The molecule has 1 aromatic rings. The van der Waals surface area contributed by atoms with E-state index in [4.69, 9.17) is 0 Å². The van der Waals surface area contributed by atoms with E-state index in [1.165, 1.54) is 18.2 Å². The van der Waals surface area contributed by atoms with Crippen molar-refractivity contribution < 1.29 is 12.8 Å². The lowest BCUT2D eigenvalue weighted by molar-refractivity contribution is 0.400. The second kappa shape index (κ2) is 6.82. The Morgan fingerprint density at radius 2 is 1.94 bits per heavy atom. The lowest BCUT2D eigenvalue weighted by Crippen LogP contribution is -2.28. The molecule has 0 spiro atoms. The molecule has 1 aromatic carbocycles. The second-order valence-corrected chi connectivity index (χ2v) is 6.21. The van der Waals surface area contributed by atoms with Gasteiger partial charge in [0.2, 0.25) is 10.0 Å². The van der Waals surface area contributed by atoms with E-state index in [1.54, 1.807) is 6.07 Å². The maximum Gasteiger partial charge on any atom is 0.215 e. The highest BCUT2D eigenvalue weighted by atomic mass is 32.2. The fourth-order valence-electron chi connectivity index (χ4n) is 1.49. The maximum absolute atomic E-state index is 13.3. The van der Waals surface area contributed by atoms with E-state index in [-0.39, 0.29) is 11.3 Å². The van der Waals surface area contributed by atoms with Gasteiger partial charge in [-0.15, -0.1) is 0 Å². The first-order valence-corrected chi connectivity index (χ1v) is 7.41. The Kier molecular flexibility index (Phi) is 5.71. The van der Waals surface area contributed by atoms with Gasteiger partial charge in [-0.3, -0.25) is 0 Å². The predicted molar refractivity (Wildman–Crippen MR) is 70.2 cm³/mol. The van der Waals surface area contributed by atoms with Crippen molar-refractivity contribution in [1.82, 2.24) is 9.62 Å². The molecule has 1 rings (SSSR count). The quantitative estimate of drug-likeness (QED) is 0.760. The molecule has 102 valence electrons. The summed E-state index contributed by atoms with van der Waals surface area (Å²) in [6.07, 6.45) is 0.726. The van der Waals surface area contributed by atoms with Crippen LogP contribution in [0.1, 0.15) is 12.0 Å². The SMILES string of the molecule is CN(C)CCCNS(=O)(=O)Cc1ccccc1F. The van der Waals surface area contributed by atoms with Gasteiger partial charge < -0.3 is 4.90 Å². The fraction of sp³-hybridized carbons (Fsp3) is 0.500.